The third kappa shape index (κ3) is 8.54. The van der Waals surface area contributed by atoms with E-state index >= 15 is 0 Å². The largest absolute Gasteiger partial charge is 0.497 e. The minimum Gasteiger partial charge on any atom is -0.497 e. The predicted molar refractivity (Wildman–Crippen MR) is 129 cm³/mol. The zero-order chi connectivity index (χ0) is 23.3. The van der Waals surface area contributed by atoms with E-state index in [4.69, 9.17) is 9.47 Å². The molecule has 0 saturated carbocycles. The van der Waals surface area contributed by atoms with Crippen molar-refractivity contribution in [1.29, 1.82) is 0 Å². The van der Waals surface area contributed by atoms with Crippen molar-refractivity contribution in [2.75, 3.05) is 34.4 Å². The van der Waals surface area contributed by atoms with Crippen LogP contribution in [0.15, 0.2) is 48.5 Å². The van der Waals surface area contributed by atoms with Crippen LogP contribution in [0.2, 0.25) is 0 Å². The van der Waals surface area contributed by atoms with Crippen molar-refractivity contribution in [2.45, 2.75) is 59.1 Å². The Morgan fingerprint density at radius 3 is 1.94 bits per heavy atom. The van der Waals surface area contributed by atoms with Gasteiger partial charge in [0.15, 0.2) is 0 Å². The van der Waals surface area contributed by atoms with Crippen LogP contribution in [-0.2, 0) is 12.0 Å². The molecule has 0 amide bonds. The Labute approximate surface area is 189 Å². The molecule has 2 aromatic carbocycles. The summed E-state index contributed by atoms with van der Waals surface area (Å²) in [5.41, 5.74) is 2.92. The lowest BCUT2D eigenvalue weighted by Crippen LogP contribution is -2.46. The van der Waals surface area contributed by atoms with Crippen molar-refractivity contribution in [3.8, 4) is 11.5 Å². The Hall–Kier alpha value is -2.04. The first-order valence-corrected chi connectivity index (χ1v) is 11.2. The van der Waals surface area contributed by atoms with E-state index in [1.807, 2.05) is 24.3 Å². The Morgan fingerprint density at radius 1 is 0.871 bits per heavy atom. The Kier molecular flexibility index (Phi) is 8.18. The summed E-state index contributed by atoms with van der Waals surface area (Å²) in [5, 5.41) is 10.6. The van der Waals surface area contributed by atoms with Crippen LogP contribution in [0.3, 0.4) is 0 Å². The summed E-state index contributed by atoms with van der Waals surface area (Å²) in [6.45, 7) is 13.2. The minimum atomic E-state index is -0.537. The van der Waals surface area contributed by atoms with Crippen LogP contribution in [-0.4, -0.2) is 50.1 Å². The molecule has 0 heterocycles. The number of nitrogens with zero attached hydrogens (tertiary/aromatic N) is 1. The van der Waals surface area contributed by atoms with Crippen LogP contribution in [0.1, 0.15) is 52.2 Å². The van der Waals surface area contributed by atoms with Crippen molar-refractivity contribution < 1.29 is 19.1 Å². The first-order chi connectivity index (χ1) is 14.3. The molecular formula is C27H42NO3+. The van der Waals surface area contributed by atoms with Gasteiger partial charge in [-0.05, 0) is 59.2 Å². The number of rotatable bonds is 10. The van der Waals surface area contributed by atoms with Gasteiger partial charge in [0.25, 0.3) is 0 Å². The van der Waals surface area contributed by atoms with E-state index in [0.717, 1.165) is 24.5 Å². The second-order valence-electron chi connectivity index (χ2n) is 11.2. The van der Waals surface area contributed by atoms with E-state index in [9.17, 15) is 5.11 Å². The highest BCUT2D eigenvalue weighted by Crippen LogP contribution is 2.36. The lowest BCUT2D eigenvalue weighted by molar-refractivity contribution is -0.906. The van der Waals surface area contributed by atoms with Crippen molar-refractivity contribution >= 4 is 0 Å². The van der Waals surface area contributed by atoms with Crippen LogP contribution in [0.4, 0.5) is 0 Å². The Balaban J connectivity index is 1.87. The summed E-state index contributed by atoms with van der Waals surface area (Å²) >= 11 is 0. The van der Waals surface area contributed by atoms with Crippen LogP contribution in [0, 0.1) is 5.41 Å². The summed E-state index contributed by atoms with van der Waals surface area (Å²) in [5.74, 6) is 1.66. The fourth-order valence-electron chi connectivity index (χ4n) is 4.54. The maximum Gasteiger partial charge on any atom is 0.137 e. The summed E-state index contributed by atoms with van der Waals surface area (Å²) in [4.78, 5) is 0. The quantitative estimate of drug-likeness (QED) is 0.513. The molecule has 0 fully saturated rings. The summed E-state index contributed by atoms with van der Waals surface area (Å²) < 4.78 is 11.8. The zero-order valence-corrected chi connectivity index (χ0v) is 20.7. The van der Waals surface area contributed by atoms with Gasteiger partial charge in [-0.3, -0.25) is 0 Å². The lowest BCUT2D eigenvalue weighted by atomic mass is 9.72. The van der Waals surface area contributed by atoms with Gasteiger partial charge < -0.3 is 19.1 Å². The van der Waals surface area contributed by atoms with E-state index in [1.54, 1.807) is 7.11 Å². The molecule has 4 heteroatoms. The normalized spacial score (nSPS) is 13.7. The van der Waals surface area contributed by atoms with Gasteiger partial charge in [-0.2, -0.15) is 0 Å². The Bertz CT molecular complexity index is 802. The maximum atomic E-state index is 10.6. The Morgan fingerprint density at radius 2 is 1.42 bits per heavy atom. The van der Waals surface area contributed by atoms with E-state index in [1.165, 1.54) is 11.1 Å². The smallest absolute Gasteiger partial charge is 0.137 e. The third-order valence-corrected chi connectivity index (χ3v) is 5.53. The molecule has 0 aromatic heterocycles. The highest BCUT2D eigenvalue weighted by Gasteiger charge is 2.27. The van der Waals surface area contributed by atoms with Gasteiger partial charge in [0.1, 0.15) is 37.3 Å². The molecule has 0 aliphatic rings. The number of quaternary nitrogens is 1. The highest BCUT2D eigenvalue weighted by atomic mass is 16.5. The van der Waals surface area contributed by atoms with Gasteiger partial charge in [-0.1, -0.05) is 46.8 Å². The molecule has 172 valence electrons. The van der Waals surface area contributed by atoms with E-state index in [2.05, 4.69) is 73.0 Å². The molecular weight excluding hydrogens is 386 g/mol. The molecule has 0 aliphatic carbocycles. The van der Waals surface area contributed by atoms with Crippen molar-refractivity contribution in [2.24, 2.45) is 5.41 Å². The first kappa shape index (κ1) is 25.2. The van der Waals surface area contributed by atoms with Gasteiger partial charge in [0, 0.05) is 5.56 Å². The minimum absolute atomic E-state index is 0.110. The van der Waals surface area contributed by atoms with Crippen LogP contribution in [0.5, 0.6) is 11.5 Å². The fraction of sp³-hybridized carbons (Fsp3) is 0.556. The molecule has 0 spiro atoms. The van der Waals surface area contributed by atoms with Crippen molar-refractivity contribution in [3.05, 3.63) is 59.7 Å². The van der Waals surface area contributed by atoms with Gasteiger partial charge in [-0.25, -0.2) is 0 Å². The number of likely N-dealkylation sites (N-methyl/N-ethyl adjacent to an activating group) is 1. The first-order valence-electron chi connectivity index (χ1n) is 11.2. The van der Waals surface area contributed by atoms with Crippen molar-refractivity contribution in [1.82, 2.24) is 0 Å². The molecule has 0 aliphatic heterocycles. The maximum absolute atomic E-state index is 10.6. The van der Waals surface area contributed by atoms with Crippen molar-refractivity contribution in [3.63, 3.8) is 0 Å². The fourth-order valence-corrected chi connectivity index (χ4v) is 4.54. The molecule has 0 unspecified atom stereocenters. The molecule has 2 rings (SSSR count). The van der Waals surface area contributed by atoms with E-state index < -0.39 is 6.10 Å². The molecule has 1 N–H and O–H groups in total. The molecule has 0 saturated heterocycles. The van der Waals surface area contributed by atoms with Gasteiger partial charge in [0.05, 0.1) is 21.2 Å². The predicted octanol–water partition coefficient (Wildman–Crippen LogP) is 5.43. The standard InChI is InChI=1S/C27H42NO3/c1-26(2,3)20-27(4,5)22-11-15-25(16-12-22)31-19-23(29)18-28(6,7)17-21-9-13-24(30-8)14-10-21/h9-16,23,29H,17-20H2,1-8H3/q+1/t23-/m1/s1. The number of benzene rings is 2. The molecule has 2 aromatic rings. The number of aliphatic hydroxyl groups excluding tert-OH is 1. The number of ether oxygens (including phenoxy) is 2. The number of aliphatic hydroxyl groups is 1. The zero-order valence-electron chi connectivity index (χ0n) is 20.7. The van der Waals surface area contributed by atoms with E-state index in [0.29, 0.717) is 11.0 Å². The van der Waals surface area contributed by atoms with Gasteiger partial charge in [0.2, 0.25) is 0 Å². The molecule has 4 nitrogen and oxygen atoms in total. The molecule has 31 heavy (non-hydrogen) atoms. The summed E-state index contributed by atoms with van der Waals surface area (Å²) in [6.07, 6.45) is 0.574. The SMILES string of the molecule is COc1ccc(C[N+](C)(C)C[C@@H](O)COc2ccc(C(C)(C)CC(C)(C)C)cc2)cc1. The summed E-state index contributed by atoms with van der Waals surface area (Å²) in [6, 6.07) is 16.4. The second kappa shape index (κ2) is 10.1. The monoisotopic (exact) mass is 428 g/mol. The number of hydrogen-bond acceptors (Lipinski definition) is 3. The molecule has 0 bridgehead atoms. The van der Waals surface area contributed by atoms with Crippen LogP contribution in [0.25, 0.3) is 0 Å². The van der Waals surface area contributed by atoms with Crippen LogP contribution < -0.4 is 9.47 Å². The highest BCUT2D eigenvalue weighted by molar-refractivity contribution is 5.32. The molecule has 0 radical (unpaired) electrons. The summed E-state index contributed by atoms with van der Waals surface area (Å²) in [7, 11) is 5.92. The average molecular weight is 429 g/mol. The van der Waals surface area contributed by atoms with Gasteiger partial charge in [-0.15, -0.1) is 0 Å². The molecule has 1 atom stereocenters. The third-order valence-electron chi connectivity index (χ3n) is 5.53. The number of methoxy groups -OCH3 is 1. The lowest BCUT2D eigenvalue weighted by Gasteiger charge is -2.33. The van der Waals surface area contributed by atoms with Gasteiger partial charge >= 0.3 is 0 Å². The topological polar surface area (TPSA) is 38.7 Å². The average Bonchev–Trinajstić information content (AvgIpc) is 2.65. The second-order valence-corrected chi connectivity index (χ2v) is 11.2. The number of hydrogen-bond donors (Lipinski definition) is 1. The van der Waals surface area contributed by atoms with E-state index in [-0.39, 0.29) is 17.4 Å². The van der Waals surface area contributed by atoms with Crippen LogP contribution >= 0.6 is 0 Å².